The maximum Gasteiger partial charge on any atom is 0.340 e. The minimum Gasteiger partial charge on any atom is -0.465 e. The number of nitrogen functional groups attached to an aromatic ring is 1. The van der Waals surface area contributed by atoms with Gasteiger partial charge in [-0.15, -0.1) is 12.4 Å². The third-order valence-electron chi connectivity index (χ3n) is 1.43. The average molecular weight is 206 g/mol. The molecule has 0 saturated heterocycles. The summed E-state index contributed by atoms with van der Waals surface area (Å²) in [5.74, 6) is -1.45. The van der Waals surface area contributed by atoms with Crippen molar-refractivity contribution in [3.05, 3.63) is 29.6 Å². The Kier molecular flexibility index (Phi) is 4.20. The van der Waals surface area contributed by atoms with Gasteiger partial charge in [0.15, 0.2) is 5.82 Å². The average Bonchev–Trinajstić information content (AvgIpc) is 2.08. The topological polar surface area (TPSA) is 52.3 Å². The molecule has 5 heteroatoms. The Morgan fingerprint density at radius 1 is 1.54 bits per heavy atom. The molecule has 1 rings (SSSR count). The Labute approximate surface area is 81.1 Å². The third kappa shape index (κ3) is 2.32. The molecular formula is C8H9ClFNO2. The van der Waals surface area contributed by atoms with E-state index in [4.69, 9.17) is 5.73 Å². The van der Waals surface area contributed by atoms with Crippen LogP contribution >= 0.6 is 12.4 Å². The molecule has 2 N–H and O–H groups in total. The lowest BCUT2D eigenvalue weighted by Crippen LogP contribution is -2.06. The maximum absolute atomic E-state index is 13.0. The van der Waals surface area contributed by atoms with Gasteiger partial charge in [-0.25, -0.2) is 9.18 Å². The Balaban J connectivity index is 0.00000144. The number of rotatable bonds is 1. The van der Waals surface area contributed by atoms with Gasteiger partial charge in [-0.1, -0.05) is 6.07 Å². The van der Waals surface area contributed by atoms with Crippen LogP contribution in [0, 0.1) is 5.82 Å². The molecule has 0 aliphatic heterocycles. The van der Waals surface area contributed by atoms with Crippen LogP contribution < -0.4 is 5.73 Å². The zero-order valence-electron chi connectivity index (χ0n) is 6.91. The smallest absolute Gasteiger partial charge is 0.340 e. The summed E-state index contributed by atoms with van der Waals surface area (Å²) < 4.78 is 17.4. The second-order valence-electron chi connectivity index (χ2n) is 2.20. The second-order valence-corrected chi connectivity index (χ2v) is 2.20. The van der Waals surface area contributed by atoms with E-state index >= 15 is 0 Å². The maximum atomic E-state index is 13.0. The monoisotopic (exact) mass is 205 g/mol. The number of anilines is 1. The molecule has 0 unspecified atom stereocenters. The molecule has 0 fully saturated rings. The van der Waals surface area contributed by atoms with E-state index in [2.05, 4.69) is 4.74 Å². The largest absolute Gasteiger partial charge is 0.465 e. The van der Waals surface area contributed by atoms with Crippen molar-refractivity contribution in [1.29, 1.82) is 0 Å². The number of halogens is 2. The van der Waals surface area contributed by atoms with Gasteiger partial charge in [-0.3, -0.25) is 0 Å². The number of ether oxygens (including phenoxy) is 1. The van der Waals surface area contributed by atoms with Crippen LogP contribution in [0.25, 0.3) is 0 Å². The fourth-order valence-electron chi connectivity index (χ4n) is 0.817. The van der Waals surface area contributed by atoms with Gasteiger partial charge in [0.25, 0.3) is 0 Å². The number of esters is 1. The summed E-state index contributed by atoms with van der Waals surface area (Å²) in [7, 11) is 1.19. The lowest BCUT2D eigenvalue weighted by atomic mass is 10.2. The van der Waals surface area contributed by atoms with Crippen molar-refractivity contribution in [2.45, 2.75) is 0 Å². The molecular weight excluding hydrogens is 197 g/mol. The van der Waals surface area contributed by atoms with Gasteiger partial charge >= 0.3 is 5.97 Å². The molecule has 0 spiro atoms. The van der Waals surface area contributed by atoms with Crippen molar-refractivity contribution in [3.8, 4) is 0 Å². The number of hydrogen-bond acceptors (Lipinski definition) is 3. The lowest BCUT2D eigenvalue weighted by molar-refractivity contribution is 0.0595. The van der Waals surface area contributed by atoms with Gasteiger partial charge in [0.2, 0.25) is 0 Å². The zero-order valence-corrected chi connectivity index (χ0v) is 7.73. The molecule has 0 aromatic heterocycles. The van der Waals surface area contributed by atoms with Crippen molar-refractivity contribution in [1.82, 2.24) is 0 Å². The molecule has 0 aliphatic carbocycles. The molecule has 0 aliphatic rings. The summed E-state index contributed by atoms with van der Waals surface area (Å²) in [6, 6.07) is 4.18. The molecule has 13 heavy (non-hydrogen) atoms. The summed E-state index contributed by atoms with van der Waals surface area (Å²) in [6.45, 7) is 0. The van der Waals surface area contributed by atoms with E-state index in [1.807, 2.05) is 0 Å². The van der Waals surface area contributed by atoms with E-state index in [9.17, 15) is 9.18 Å². The van der Waals surface area contributed by atoms with Gasteiger partial charge in [-0.2, -0.15) is 0 Å². The molecule has 1 aromatic carbocycles. The normalized spacial score (nSPS) is 8.77. The third-order valence-corrected chi connectivity index (χ3v) is 1.43. The molecule has 0 amide bonds. The van der Waals surface area contributed by atoms with Crippen LogP contribution in [-0.2, 0) is 4.74 Å². The minimum absolute atomic E-state index is 0. The van der Waals surface area contributed by atoms with Gasteiger partial charge in [0, 0.05) is 0 Å². The van der Waals surface area contributed by atoms with Crippen molar-refractivity contribution < 1.29 is 13.9 Å². The van der Waals surface area contributed by atoms with Crippen molar-refractivity contribution >= 4 is 24.1 Å². The number of carbonyl (C=O) groups excluding carboxylic acids is 1. The van der Waals surface area contributed by atoms with Gasteiger partial charge in [-0.05, 0) is 12.1 Å². The van der Waals surface area contributed by atoms with Crippen molar-refractivity contribution in [2.24, 2.45) is 0 Å². The zero-order chi connectivity index (χ0) is 9.14. The van der Waals surface area contributed by atoms with E-state index < -0.39 is 11.8 Å². The first-order valence-electron chi connectivity index (χ1n) is 3.29. The lowest BCUT2D eigenvalue weighted by Gasteiger charge is -2.01. The van der Waals surface area contributed by atoms with Crippen molar-refractivity contribution in [2.75, 3.05) is 12.8 Å². The Hall–Kier alpha value is -1.29. The number of hydrogen-bond donors (Lipinski definition) is 1. The van der Waals surface area contributed by atoms with Crippen LogP contribution in [0.15, 0.2) is 18.2 Å². The van der Waals surface area contributed by atoms with E-state index in [-0.39, 0.29) is 23.7 Å². The highest BCUT2D eigenvalue weighted by Crippen LogP contribution is 2.14. The highest BCUT2D eigenvalue weighted by Gasteiger charge is 2.12. The first kappa shape index (κ1) is 11.7. The van der Waals surface area contributed by atoms with Crippen LogP contribution in [0.2, 0.25) is 0 Å². The standard InChI is InChI=1S/C8H8FNO2.ClH/c1-12-8(11)5-3-2-4-6(10)7(5)9;/h2-4H,10H2,1H3;1H. The van der Waals surface area contributed by atoms with Crippen LogP contribution in [-0.4, -0.2) is 13.1 Å². The van der Waals surface area contributed by atoms with Crippen LogP contribution in [0.3, 0.4) is 0 Å². The highest BCUT2D eigenvalue weighted by molar-refractivity contribution is 5.90. The fraction of sp³-hybridized carbons (Fsp3) is 0.125. The molecule has 72 valence electrons. The Morgan fingerprint density at radius 3 is 2.69 bits per heavy atom. The van der Waals surface area contributed by atoms with E-state index in [1.165, 1.54) is 25.3 Å². The number of benzene rings is 1. The fourth-order valence-corrected chi connectivity index (χ4v) is 0.817. The van der Waals surface area contributed by atoms with Gasteiger partial charge in [0.05, 0.1) is 18.4 Å². The van der Waals surface area contributed by atoms with Crippen LogP contribution in [0.5, 0.6) is 0 Å². The summed E-state index contributed by atoms with van der Waals surface area (Å²) in [5.41, 5.74) is 5.03. The summed E-state index contributed by atoms with van der Waals surface area (Å²) in [6.07, 6.45) is 0. The molecule has 0 saturated carbocycles. The van der Waals surface area contributed by atoms with Gasteiger partial charge < -0.3 is 10.5 Å². The first-order valence-corrected chi connectivity index (χ1v) is 3.29. The molecule has 0 heterocycles. The molecule has 3 nitrogen and oxygen atoms in total. The summed E-state index contributed by atoms with van der Waals surface area (Å²) >= 11 is 0. The molecule has 0 atom stereocenters. The first-order chi connectivity index (χ1) is 5.66. The van der Waals surface area contributed by atoms with E-state index in [0.717, 1.165) is 0 Å². The number of methoxy groups -OCH3 is 1. The number of nitrogens with two attached hydrogens (primary N) is 1. The SMILES string of the molecule is COC(=O)c1cccc(N)c1F.Cl. The molecule has 1 aromatic rings. The van der Waals surface area contributed by atoms with Crippen LogP contribution in [0.1, 0.15) is 10.4 Å². The predicted octanol–water partition coefficient (Wildman–Crippen LogP) is 1.62. The predicted molar refractivity (Wildman–Crippen MR) is 49.4 cm³/mol. The Bertz CT molecular complexity index is 317. The summed E-state index contributed by atoms with van der Waals surface area (Å²) in [4.78, 5) is 10.9. The second kappa shape index (κ2) is 4.67. The highest BCUT2D eigenvalue weighted by atomic mass is 35.5. The van der Waals surface area contributed by atoms with E-state index in [0.29, 0.717) is 0 Å². The molecule has 0 radical (unpaired) electrons. The number of carbonyl (C=O) groups is 1. The summed E-state index contributed by atoms with van der Waals surface area (Å²) in [5, 5.41) is 0. The van der Waals surface area contributed by atoms with E-state index in [1.54, 1.807) is 0 Å². The van der Waals surface area contributed by atoms with Gasteiger partial charge in [0.1, 0.15) is 0 Å². The van der Waals surface area contributed by atoms with Crippen molar-refractivity contribution in [3.63, 3.8) is 0 Å². The van der Waals surface area contributed by atoms with Crippen LogP contribution in [0.4, 0.5) is 10.1 Å². The Morgan fingerprint density at radius 2 is 2.15 bits per heavy atom. The molecule has 0 bridgehead atoms. The minimum atomic E-state index is -0.732. The quantitative estimate of drug-likeness (QED) is 0.560.